The van der Waals surface area contributed by atoms with Crippen molar-refractivity contribution in [3.63, 3.8) is 0 Å². The molecular weight excluding hydrogens is 382 g/mol. The van der Waals surface area contributed by atoms with Crippen LogP contribution in [0.15, 0.2) is 47.7 Å². The normalized spacial score (nSPS) is 15.9. The summed E-state index contributed by atoms with van der Waals surface area (Å²) in [6.45, 7) is 8.02. The van der Waals surface area contributed by atoms with Crippen molar-refractivity contribution in [1.82, 2.24) is 10.6 Å². The van der Waals surface area contributed by atoms with E-state index >= 15 is 0 Å². The number of rotatable bonds is 6. The molecule has 7 nitrogen and oxygen atoms in total. The molecule has 0 radical (unpaired) electrons. The summed E-state index contributed by atoms with van der Waals surface area (Å²) in [6.07, 6.45) is 0. The molecule has 158 valence electrons. The molecule has 1 aliphatic rings. The molecule has 0 saturated carbocycles. The van der Waals surface area contributed by atoms with E-state index in [4.69, 9.17) is 9.47 Å². The molecule has 0 spiro atoms. The third-order valence-corrected chi connectivity index (χ3v) is 4.98. The highest BCUT2D eigenvalue weighted by molar-refractivity contribution is 6.07. The molecule has 1 aliphatic heterocycles. The highest BCUT2D eigenvalue weighted by Crippen LogP contribution is 2.34. The number of urea groups is 1. The van der Waals surface area contributed by atoms with Gasteiger partial charge in [-0.3, -0.25) is 4.79 Å². The summed E-state index contributed by atoms with van der Waals surface area (Å²) >= 11 is 0. The van der Waals surface area contributed by atoms with Crippen LogP contribution in [0.25, 0.3) is 0 Å². The van der Waals surface area contributed by atoms with Gasteiger partial charge in [0.15, 0.2) is 11.5 Å². The lowest BCUT2D eigenvalue weighted by atomic mass is 9.94. The van der Waals surface area contributed by atoms with Crippen LogP contribution in [0, 0.1) is 13.8 Å². The summed E-state index contributed by atoms with van der Waals surface area (Å²) < 4.78 is 11.0. The summed E-state index contributed by atoms with van der Waals surface area (Å²) in [6, 6.07) is 10.3. The summed E-state index contributed by atoms with van der Waals surface area (Å²) in [4.78, 5) is 25.4. The van der Waals surface area contributed by atoms with Gasteiger partial charge in [0.25, 0.3) is 5.91 Å². The number of methoxy groups -OCH3 is 1. The molecule has 2 aromatic carbocycles. The predicted octanol–water partition coefficient (Wildman–Crippen LogP) is 3.98. The smallest absolute Gasteiger partial charge is 0.319 e. The fourth-order valence-corrected chi connectivity index (χ4v) is 3.44. The Hall–Kier alpha value is -3.48. The molecule has 2 aromatic rings. The van der Waals surface area contributed by atoms with Gasteiger partial charge in [-0.25, -0.2) is 4.79 Å². The van der Waals surface area contributed by atoms with E-state index in [0.29, 0.717) is 29.4 Å². The van der Waals surface area contributed by atoms with Crippen molar-refractivity contribution in [3.05, 3.63) is 64.4 Å². The first kappa shape index (κ1) is 21.2. The van der Waals surface area contributed by atoms with Gasteiger partial charge in [0, 0.05) is 11.4 Å². The molecule has 7 heteroatoms. The number of carbonyl (C=O) groups excluding carboxylic acids is 2. The number of amides is 3. The second kappa shape index (κ2) is 8.90. The molecule has 0 fully saturated rings. The van der Waals surface area contributed by atoms with Gasteiger partial charge in [-0.2, -0.15) is 0 Å². The molecule has 0 bridgehead atoms. The Morgan fingerprint density at radius 1 is 1.10 bits per heavy atom. The first-order valence-electron chi connectivity index (χ1n) is 9.81. The molecule has 3 N–H and O–H groups in total. The van der Waals surface area contributed by atoms with E-state index in [-0.39, 0.29) is 11.9 Å². The SMILES string of the molecule is CCOc1ccc(C2NC(=O)NC(C)=C2C(=O)Nc2cc(C)ccc2C)cc1OC. The van der Waals surface area contributed by atoms with Crippen LogP contribution in [-0.2, 0) is 4.79 Å². The Morgan fingerprint density at radius 3 is 2.57 bits per heavy atom. The fourth-order valence-electron chi connectivity index (χ4n) is 3.44. The topological polar surface area (TPSA) is 88.7 Å². The lowest BCUT2D eigenvalue weighted by molar-refractivity contribution is -0.113. The molecule has 30 heavy (non-hydrogen) atoms. The van der Waals surface area contributed by atoms with Crippen LogP contribution < -0.4 is 25.4 Å². The van der Waals surface area contributed by atoms with Crippen LogP contribution in [0.3, 0.4) is 0 Å². The maximum Gasteiger partial charge on any atom is 0.319 e. The number of hydrogen-bond acceptors (Lipinski definition) is 4. The molecular formula is C23H27N3O4. The number of hydrogen-bond donors (Lipinski definition) is 3. The van der Waals surface area contributed by atoms with Gasteiger partial charge in [0.2, 0.25) is 0 Å². The van der Waals surface area contributed by atoms with Crippen molar-refractivity contribution < 1.29 is 19.1 Å². The number of allylic oxidation sites excluding steroid dienone is 1. The predicted molar refractivity (Wildman–Crippen MR) is 116 cm³/mol. The van der Waals surface area contributed by atoms with Gasteiger partial charge < -0.3 is 25.4 Å². The van der Waals surface area contributed by atoms with E-state index in [0.717, 1.165) is 22.4 Å². The maximum atomic E-state index is 13.2. The molecule has 0 saturated heterocycles. The maximum absolute atomic E-state index is 13.2. The average molecular weight is 409 g/mol. The van der Waals surface area contributed by atoms with Crippen molar-refractivity contribution in [2.24, 2.45) is 0 Å². The highest BCUT2D eigenvalue weighted by Gasteiger charge is 2.32. The minimum Gasteiger partial charge on any atom is -0.493 e. The minimum absolute atomic E-state index is 0.286. The summed E-state index contributed by atoms with van der Waals surface area (Å²) in [5.74, 6) is 0.853. The number of benzene rings is 2. The number of carbonyl (C=O) groups is 2. The van der Waals surface area contributed by atoms with Crippen LogP contribution in [-0.4, -0.2) is 25.7 Å². The Balaban J connectivity index is 1.98. The van der Waals surface area contributed by atoms with Crippen LogP contribution in [0.5, 0.6) is 11.5 Å². The largest absolute Gasteiger partial charge is 0.493 e. The minimum atomic E-state index is -0.631. The Morgan fingerprint density at radius 2 is 1.87 bits per heavy atom. The zero-order valence-corrected chi connectivity index (χ0v) is 17.9. The standard InChI is InChI=1S/C23H27N3O4/c1-6-30-18-10-9-16(12-19(18)29-5)21-20(15(4)24-23(28)26-21)22(27)25-17-11-13(2)7-8-14(17)3/h7-12,21H,6H2,1-5H3,(H,25,27)(H2,24,26,28). The first-order chi connectivity index (χ1) is 14.3. The average Bonchev–Trinajstić information content (AvgIpc) is 2.70. The monoisotopic (exact) mass is 409 g/mol. The van der Waals surface area contributed by atoms with Gasteiger partial charge in [-0.1, -0.05) is 18.2 Å². The third kappa shape index (κ3) is 4.40. The Labute approximate surface area is 176 Å². The zero-order valence-electron chi connectivity index (χ0n) is 17.9. The van der Waals surface area contributed by atoms with E-state index < -0.39 is 6.04 Å². The lowest BCUT2D eigenvalue weighted by Gasteiger charge is -2.29. The molecule has 1 heterocycles. The molecule has 3 rings (SSSR count). The second-order valence-corrected chi connectivity index (χ2v) is 7.19. The van der Waals surface area contributed by atoms with Gasteiger partial charge >= 0.3 is 6.03 Å². The van der Waals surface area contributed by atoms with Crippen LogP contribution in [0.2, 0.25) is 0 Å². The van der Waals surface area contributed by atoms with Crippen molar-refractivity contribution in [2.75, 3.05) is 19.0 Å². The number of nitrogens with one attached hydrogen (secondary N) is 3. The second-order valence-electron chi connectivity index (χ2n) is 7.19. The van der Waals surface area contributed by atoms with E-state index in [1.807, 2.05) is 45.0 Å². The van der Waals surface area contributed by atoms with E-state index in [2.05, 4.69) is 16.0 Å². The Bertz CT molecular complexity index is 1010. The van der Waals surface area contributed by atoms with Crippen LogP contribution in [0.4, 0.5) is 10.5 Å². The van der Waals surface area contributed by atoms with E-state index in [1.54, 1.807) is 26.2 Å². The summed E-state index contributed by atoms with van der Waals surface area (Å²) in [5.41, 5.74) is 4.39. The van der Waals surface area contributed by atoms with E-state index in [1.165, 1.54) is 0 Å². The third-order valence-electron chi connectivity index (χ3n) is 4.98. The van der Waals surface area contributed by atoms with Gasteiger partial charge in [-0.05, 0) is 62.6 Å². The van der Waals surface area contributed by atoms with Crippen molar-refractivity contribution in [2.45, 2.75) is 33.7 Å². The van der Waals surface area contributed by atoms with Gasteiger partial charge in [0.1, 0.15) is 0 Å². The number of ether oxygens (including phenoxy) is 2. The number of anilines is 1. The first-order valence-corrected chi connectivity index (χ1v) is 9.81. The summed E-state index contributed by atoms with van der Waals surface area (Å²) in [7, 11) is 1.55. The molecule has 3 amide bonds. The number of aryl methyl sites for hydroxylation is 2. The molecule has 1 unspecified atom stereocenters. The zero-order chi connectivity index (χ0) is 21.8. The van der Waals surface area contributed by atoms with E-state index in [9.17, 15) is 9.59 Å². The Kier molecular flexibility index (Phi) is 6.30. The lowest BCUT2D eigenvalue weighted by Crippen LogP contribution is -2.46. The van der Waals surface area contributed by atoms with Gasteiger partial charge in [0.05, 0.1) is 25.3 Å². The molecule has 1 atom stereocenters. The van der Waals surface area contributed by atoms with Crippen molar-refractivity contribution >= 4 is 17.6 Å². The van der Waals surface area contributed by atoms with Crippen LogP contribution >= 0.6 is 0 Å². The van der Waals surface area contributed by atoms with Crippen LogP contribution in [0.1, 0.15) is 36.6 Å². The summed E-state index contributed by atoms with van der Waals surface area (Å²) in [5, 5.41) is 8.52. The van der Waals surface area contributed by atoms with Crippen molar-refractivity contribution in [1.29, 1.82) is 0 Å². The molecule has 0 aromatic heterocycles. The van der Waals surface area contributed by atoms with Crippen molar-refractivity contribution in [3.8, 4) is 11.5 Å². The highest BCUT2D eigenvalue weighted by atomic mass is 16.5. The van der Waals surface area contributed by atoms with Gasteiger partial charge in [-0.15, -0.1) is 0 Å². The molecule has 0 aliphatic carbocycles. The quantitative estimate of drug-likeness (QED) is 0.673. The fraction of sp³-hybridized carbons (Fsp3) is 0.304.